The van der Waals surface area contributed by atoms with Crippen molar-refractivity contribution in [3.05, 3.63) is 22.3 Å². The quantitative estimate of drug-likeness (QED) is 0.382. The molecule has 1 aliphatic rings. The standard InChI is InChI=1S/C21H36O/c1-5-9-13-17-18(14-10-6-2)20(16-12-8-4)21(22)19(17)15-11-7-3/h5-16H2,1-4H3. The zero-order chi connectivity index (χ0) is 16.4. The van der Waals surface area contributed by atoms with Crippen LogP contribution in [0.2, 0.25) is 0 Å². The maximum Gasteiger partial charge on any atom is 0.185 e. The van der Waals surface area contributed by atoms with E-state index in [4.69, 9.17) is 0 Å². The van der Waals surface area contributed by atoms with Crippen molar-refractivity contribution in [2.75, 3.05) is 0 Å². The van der Waals surface area contributed by atoms with Crippen molar-refractivity contribution in [2.24, 2.45) is 0 Å². The molecule has 0 saturated carbocycles. The number of allylic oxidation sites excluding steroid dienone is 4. The molecule has 1 nitrogen and oxygen atoms in total. The second kappa shape index (κ2) is 10.8. The van der Waals surface area contributed by atoms with Crippen LogP contribution in [0, 0.1) is 0 Å². The molecule has 126 valence electrons. The molecule has 0 unspecified atom stereocenters. The van der Waals surface area contributed by atoms with Crippen molar-refractivity contribution in [2.45, 2.75) is 105 Å². The van der Waals surface area contributed by atoms with Gasteiger partial charge in [0.05, 0.1) is 0 Å². The Bertz CT molecular complexity index is 374. The summed E-state index contributed by atoms with van der Waals surface area (Å²) in [5.41, 5.74) is 5.29. The topological polar surface area (TPSA) is 17.1 Å². The van der Waals surface area contributed by atoms with E-state index in [9.17, 15) is 4.79 Å². The molecule has 0 aromatic carbocycles. The van der Waals surface area contributed by atoms with Gasteiger partial charge in [-0.15, -0.1) is 0 Å². The number of carbonyl (C=O) groups is 1. The van der Waals surface area contributed by atoms with E-state index < -0.39 is 0 Å². The van der Waals surface area contributed by atoms with Crippen LogP contribution in [0.5, 0.6) is 0 Å². The second-order valence-corrected chi connectivity index (χ2v) is 6.66. The largest absolute Gasteiger partial charge is 0.289 e. The summed E-state index contributed by atoms with van der Waals surface area (Å²) >= 11 is 0. The van der Waals surface area contributed by atoms with Crippen molar-refractivity contribution in [1.29, 1.82) is 0 Å². The van der Waals surface area contributed by atoms with Crippen LogP contribution in [0.15, 0.2) is 22.3 Å². The van der Waals surface area contributed by atoms with Gasteiger partial charge in [0.1, 0.15) is 0 Å². The Morgan fingerprint density at radius 3 is 1.05 bits per heavy atom. The van der Waals surface area contributed by atoms with Crippen LogP contribution in [0.4, 0.5) is 0 Å². The van der Waals surface area contributed by atoms with Crippen LogP contribution in [0.3, 0.4) is 0 Å². The molecule has 0 fully saturated rings. The van der Waals surface area contributed by atoms with Gasteiger partial charge in [-0.05, 0) is 62.5 Å². The zero-order valence-corrected chi connectivity index (χ0v) is 15.4. The molecule has 0 aromatic rings. The van der Waals surface area contributed by atoms with Gasteiger partial charge in [0.2, 0.25) is 0 Å². The van der Waals surface area contributed by atoms with Gasteiger partial charge in [-0.3, -0.25) is 4.79 Å². The lowest BCUT2D eigenvalue weighted by molar-refractivity contribution is -0.112. The first kappa shape index (κ1) is 19.2. The van der Waals surface area contributed by atoms with E-state index in [1.807, 2.05) is 0 Å². The molecule has 0 aliphatic heterocycles. The molecule has 1 heteroatoms. The Morgan fingerprint density at radius 2 is 0.773 bits per heavy atom. The zero-order valence-electron chi connectivity index (χ0n) is 15.4. The molecule has 22 heavy (non-hydrogen) atoms. The lowest BCUT2D eigenvalue weighted by atomic mass is 9.93. The number of hydrogen-bond donors (Lipinski definition) is 0. The summed E-state index contributed by atoms with van der Waals surface area (Å²) in [5.74, 6) is 0.416. The first-order valence-electron chi connectivity index (χ1n) is 9.70. The molecule has 0 spiro atoms. The summed E-state index contributed by atoms with van der Waals surface area (Å²) in [5, 5.41) is 0. The maximum atomic E-state index is 12.9. The van der Waals surface area contributed by atoms with Gasteiger partial charge in [-0.1, -0.05) is 53.4 Å². The monoisotopic (exact) mass is 304 g/mol. The predicted octanol–water partition coefficient (Wildman–Crippen LogP) is 6.92. The number of hydrogen-bond acceptors (Lipinski definition) is 1. The number of ketones is 1. The van der Waals surface area contributed by atoms with E-state index in [2.05, 4.69) is 27.7 Å². The summed E-state index contributed by atoms with van der Waals surface area (Å²) in [6, 6.07) is 0. The SMILES string of the molecule is CCCCC1=C(CCCC)C(CCCC)=C(CCCC)C1=O. The van der Waals surface area contributed by atoms with Crippen molar-refractivity contribution >= 4 is 5.78 Å². The fourth-order valence-corrected chi connectivity index (χ4v) is 3.37. The summed E-state index contributed by atoms with van der Waals surface area (Å²) < 4.78 is 0. The van der Waals surface area contributed by atoms with Gasteiger partial charge >= 0.3 is 0 Å². The molecule has 0 N–H and O–H groups in total. The van der Waals surface area contributed by atoms with E-state index >= 15 is 0 Å². The van der Waals surface area contributed by atoms with Crippen LogP contribution >= 0.6 is 0 Å². The number of unbranched alkanes of at least 4 members (excludes halogenated alkanes) is 4. The lowest BCUT2D eigenvalue weighted by Crippen LogP contribution is -2.03. The molecule has 0 amide bonds. The van der Waals surface area contributed by atoms with Gasteiger partial charge in [0.25, 0.3) is 0 Å². The number of Topliss-reactive ketones (excluding diaryl/α,β-unsaturated/α-hetero) is 1. The summed E-state index contributed by atoms with van der Waals surface area (Å²) in [4.78, 5) is 12.9. The molecule has 1 aliphatic carbocycles. The van der Waals surface area contributed by atoms with E-state index in [-0.39, 0.29) is 0 Å². The Kier molecular flexibility index (Phi) is 9.43. The average Bonchev–Trinajstić information content (AvgIpc) is 2.77. The summed E-state index contributed by atoms with van der Waals surface area (Å²) in [6.07, 6.45) is 13.7. The Morgan fingerprint density at radius 1 is 0.500 bits per heavy atom. The Balaban J connectivity index is 3.06. The molecular weight excluding hydrogens is 268 g/mol. The highest BCUT2D eigenvalue weighted by atomic mass is 16.1. The van der Waals surface area contributed by atoms with Crippen molar-refractivity contribution in [3.8, 4) is 0 Å². The van der Waals surface area contributed by atoms with Crippen LogP contribution in [0.25, 0.3) is 0 Å². The fourth-order valence-electron chi connectivity index (χ4n) is 3.37. The molecule has 0 aromatic heterocycles. The molecule has 1 rings (SSSR count). The Labute approximate surface area is 138 Å². The normalized spacial score (nSPS) is 15.4. The summed E-state index contributed by atoms with van der Waals surface area (Å²) in [6.45, 7) is 8.93. The molecular formula is C21H36O. The first-order valence-corrected chi connectivity index (χ1v) is 9.70. The third-order valence-electron chi connectivity index (χ3n) is 4.76. The second-order valence-electron chi connectivity index (χ2n) is 6.66. The minimum absolute atomic E-state index is 0.416. The smallest absolute Gasteiger partial charge is 0.185 e. The van der Waals surface area contributed by atoms with E-state index in [0.717, 1.165) is 38.5 Å². The minimum Gasteiger partial charge on any atom is -0.289 e. The van der Waals surface area contributed by atoms with Gasteiger partial charge < -0.3 is 0 Å². The van der Waals surface area contributed by atoms with Crippen LogP contribution in [-0.2, 0) is 4.79 Å². The third-order valence-corrected chi connectivity index (χ3v) is 4.76. The highest BCUT2D eigenvalue weighted by Gasteiger charge is 2.30. The Hall–Kier alpha value is -0.850. The average molecular weight is 305 g/mol. The van der Waals surface area contributed by atoms with E-state index in [1.165, 1.54) is 60.8 Å². The molecule has 0 radical (unpaired) electrons. The van der Waals surface area contributed by atoms with Crippen molar-refractivity contribution in [3.63, 3.8) is 0 Å². The molecule has 0 heterocycles. The van der Waals surface area contributed by atoms with Gasteiger partial charge in [0.15, 0.2) is 5.78 Å². The summed E-state index contributed by atoms with van der Waals surface area (Å²) in [7, 11) is 0. The lowest BCUT2D eigenvalue weighted by Gasteiger charge is -2.11. The number of carbonyl (C=O) groups excluding carboxylic acids is 1. The van der Waals surface area contributed by atoms with Crippen LogP contribution in [0.1, 0.15) is 105 Å². The molecule has 0 saturated heterocycles. The van der Waals surface area contributed by atoms with Crippen LogP contribution < -0.4 is 0 Å². The number of rotatable bonds is 12. The van der Waals surface area contributed by atoms with Crippen molar-refractivity contribution < 1.29 is 4.79 Å². The van der Waals surface area contributed by atoms with Gasteiger partial charge in [-0.2, -0.15) is 0 Å². The first-order chi connectivity index (χ1) is 10.7. The third kappa shape index (κ3) is 5.11. The van der Waals surface area contributed by atoms with E-state index in [0.29, 0.717) is 5.78 Å². The predicted molar refractivity (Wildman–Crippen MR) is 97.2 cm³/mol. The van der Waals surface area contributed by atoms with Crippen molar-refractivity contribution in [1.82, 2.24) is 0 Å². The van der Waals surface area contributed by atoms with Gasteiger partial charge in [0, 0.05) is 11.1 Å². The fraction of sp³-hybridized carbons (Fsp3) is 0.762. The molecule has 0 atom stereocenters. The minimum atomic E-state index is 0.416. The van der Waals surface area contributed by atoms with Crippen LogP contribution in [-0.4, -0.2) is 5.78 Å². The highest BCUT2D eigenvalue weighted by molar-refractivity contribution is 6.13. The van der Waals surface area contributed by atoms with Gasteiger partial charge in [-0.25, -0.2) is 0 Å². The molecule has 0 bridgehead atoms. The highest BCUT2D eigenvalue weighted by Crippen LogP contribution is 2.39. The maximum absolute atomic E-state index is 12.9. The van der Waals surface area contributed by atoms with E-state index in [1.54, 1.807) is 0 Å².